The van der Waals surface area contributed by atoms with Gasteiger partial charge in [0, 0.05) is 19.1 Å². The van der Waals surface area contributed by atoms with Crippen molar-refractivity contribution < 1.29 is 19.1 Å². The van der Waals surface area contributed by atoms with Crippen LogP contribution in [-0.4, -0.2) is 28.9 Å². The standard InChI is InChI=1S/C9H9NO4/c1-3-9(13)14-8-5-4-7(12)10(8)6(2)11/h3-5,8H,1H2,2H3/t8-/m1/s1. The number of nitrogens with zero attached hydrogens (tertiary/aromatic N) is 1. The van der Waals surface area contributed by atoms with Gasteiger partial charge in [-0.2, -0.15) is 0 Å². The normalized spacial score (nSPS) is 19.6. The highest BCUT2D eigenvalue weighted by molar-refractivity contribution is 6.02. The van der Waals surface area contributed by atoms with Crippen LogP contribution in [0, 0.1) is 0 Å². The summed E-state index contributed by atoms with van der Waals surface area (Å²) in [5.41, 5.74) is 0. The van der Waals surface area contributed by atoms with Gasteiger partial charge in [-0.1, -0.05) is 6.58 Å². The van der Waals surface area contributed by atoms with Gasteiger partial charge in [-0.3, -0.25) is 9.59 Å². The lowest BCUT2D eigenvalue weighted by atomic mass is 10.5. The zero-order chi connectivity index (χ0) is 10.7. The Morgan fingerprint density at radius 1 is 1.64 bits per heavy atom. The molecule has 0 aromatic carbocycles. The molecule has 0 saturated heterocycles. The van der Waals surface area contributed by atoms with Crippen LogP contribution in [0.25, 0.3) is 0 Å². The molecule has 1 aliphatic rings. The summed E-state index contributed by atoms with van der Waals surface area (Å²) in [7, 11) is 0. The molecule has 0 bridgehead atoms. The molecule has 74 valence electrons. The molecule has 0 saturated carbocycles. The minimum Gasteiger partial charge on any atom is -0.434 e. The summed E-state index contributed by atoms with van der Waals surface area (Å²) in [5.74, 6) is -1.64. The second kappa shape index (κ2) is 3.87. The molecule has 14 heavy (non-hydrogen) atoms. The van der Waals surface area contributed by atoms with Crippen LogP contribution in [0.4, 0.5) is 0 Å². The summed E-state index contributed by atoms with van der Waals surface area (Å²) in [6.07, 6.45) is 2.55. The zero-order valence-corrected chi connectivity index (χ0v) is 7.60. The number of carbonyl (C=O) groups excluding carboxylic acids is 3. The molecule has 5 nitrogen and oxygen atoms in total. The molecule has 0 aromatic rings. The molecule has 0 unspecified atom stereocenters. The van der Waals surface area contributed by atoms with Crippen LogP contribution in [0.2, 0.25) is 0 Å². The van der Waals surface area contributed by atoms with E-state index in [2.05, 4.69) is 6.58 Å². The Bertz CT molecular complexity index is 332. The number of hydrogen-bond donors (Lipinski definition) is 0. The fourth-order valence-corrected chi connectivity index (χ4v) is 1.05. The van der Waals surface area contributed by atoms with Gasteiger partial charge in [0.25, 0.3) is 5.91 Å². The number of hydrogen-bond acceptors (Lipinski definition) is 4. The van der Waals surface area contributed by atoms with Gasteiger partial charge in [-0.15, -0.1) is 0 Å². The maximum atomic E-state index is 11.1. The molecule has 0 N–H and O–H groups in total. The first-order chi connectivity index (χ1) is 6.56. The first kappa shape index (κ1) is 10.2. The van der Waals surface area contributed by atoms with E-state index < -0.39 is 24.0 Å². The van der Waals surface area contributed by atoms with E-state index in [4.69, 9.17) is 4.74 Å². The Kier molecular flexibility index (Phi) is 2.81. The van der Waals surface area contributed by atoms with E-state index in [1.807, 2.05) is 0 Å². The van der Waals surface area contributed by atoms with E-state index in [-0.39, 0.29) is 0 Å². The molecule has 1 heterocycles. The lowest BCUT2D eigenvalue weighted by Crippen LogP contribution is -2.40. The van der Waals surface area contributed by atoms with Gasteiger partial charge < -0.3 is 4.74 Å². The smallest absolute Gasteiger partial charge is 0.332 e. The topological polar surface area (TPSA) is 63.7 Å². The third-order valence-corrected chi connectivity index (χ3v) is 1.64. The Hall–Kier alpha value is -1.91. The van der Waals surface area contributed by atoms with Gasteiger partial charge in [-0.05, 0) is 6.08 Å². The van der Waals surface area contributed by atoms with Gasteiger partial charge >= 0.3 is 5.97 Å². The highest BCUT2D eigenvalue weighted by Gasteiger charge is 2.31. The lowest BCUT2D eigenvalue weighted by Gasteiger charge is -2.20. The van der Waals surface area contributed by atoms with Gasteiger partial charge in [0.05, 0.1) is 0 Å². The van der Waals surface area contributed by atoms with Crippen molar-refractivity contribution in [1.29, 1.82) is 0 Å². The maximum absolute atomic E-state index is 11.1. The zero-order valence-electron chi connectivity index (χ0n) is 7.60. The van der Waals surface area contributed by atoms with E-state index in [0.29, 0.717) is 0 Å². The van der Waals surface area contributed by atoms with Crippen molar-refractivity contribution >= 4 is 17.8 Å². The van der Waals surface area contributed by atoms with Crippen molar-refractivity contribution in [3.05, 3.63) is 24.8 Å². The molecule has 0 aliphatic carbocycles. The molecule has 0 fully saturated rings. The molecule has 1 aliphatic heterocycles. The van der Waals surface area contributed by atoms with Gasteiger partial charge in [0.15, 0.2) is 0 Å². The Labute approximate surface area is 80.6 Å². The molecular weight excluding hydrogens is 186 g/mol. The van der Waals surface area contributed by atoms with E-state index in [0.717, 1.165) is 11.0 Å². The highest BCUT2D eigenvalue weighted by Crippen LogP contribution is 2.12. The predicted octanol–water partition coefficient (Wildman–Crippen LogP) is -0.0134. The minimum absolute atomic E-state index is 0.470. The van der Waals surface area contributed by atoms with Crippen LogP contribution in [-0.2, 0) is 19.1 Å². The summed E-state index contributed by atoms with van der Waals surface area (Å²) in [6.45, 7) is 4.43. The number of carbonyl (C=O) groups is 3. The SMILES string of the molecule is C=CC(=O)O[C@@H]1C=CC(=O)N1C(C)=O. The third-order valence-electron chi connectivity index (χ3n) is 1.64. The summed E-state index contributed by atoms with van der Waals surface area (Å²) in [4.78, 5) is 33.7. The number of rotatable bonds is 2. The lowest BCUT2D eigenvalue weighted by molar-refractivity contribution is -0.158. The average Bonchev–Trinajstić information content (AvgIpc) is 2.46. The molecular formula is C9H9NO4. The maximum Gasteiger partial charge on any atom is 0.332 e. The van der Waals surface area contributed by atoms with Crippen molar-refractivity contribution in [3.8, 4) is 0 Å². The van der Waals surface area contributed by atoms with E-state index in [1.165, 1.54) is 19.1 Å². The predicted molar refractivity (Wildman–Crippen MR) is 46.7 cm³/mol. The van der Waals surface area contributed by atoms with Crippen LogP contribution in [0.1, 0.15) is 6.92 Å². The quantitative estimate of drug-likeness (QED) is 0.459. The molecule has 0 spiro atoms. The van der Waals surface area contributed by atoms with Crippen molar-refractivity contribution in [1.82, 2.24) is 4.90 Å². The molecule has 0 aromatic heterocycles. The van der Waals surface area contributed by atoms with Gasteiger partial charge in [-0.25, -0.2) is 9.69 Å². The third kappa shape index (κ3) is 1.87. The second-order valence-electron chi connectivity index (χ2n) is 2.62. The highest BCUT2D eigenvalue weighted by atomic mass is 16.6. The first-order valence-corrected chi connectivity index (χ1v) is 3.91. The average molecular weight is 195 g/mol. The summed E-state index contributed by atoms with van der Waals surface area (Å²) in [6, 6.07) is 0. The Balaban J connectivity index is 2.74. The molecule has 1 rings (SSSR count). The number of amides is 2. The summed E-state index contributed by atoms with van der Waals surface area (Å²) >= 11 is 0. The fraction of sp³-hybridized carbons (Fsp3) is 0.222. The fourth-order valence-electron chi connectivity index (χ4n) is 1.05. The van der Waals surface area contributed by atoms with Crippen LogP contribution in [0.3, 0.4) is 0 Å². The molecule has 5 heteroatoms. The Morgan fingerprint density at radius 2 is 2.29 bits per heavy atom. The molecule has 0 radical (unpaired) electrons. The summed E-state index contributed by atoms with van der Waals surface area (Å²) in [5, 5.41) is 0. The number of ether oxygens (including phenoxy) is 1. The van der Waals surface area contributed by atoms with Crippen molar-refractivity contribution in [2.75, 3.05) is 0 Å². The number of esters is 1. The van der Waals surface area contributed by atoms with Crippen LogP contribution in [0.15, 0.2) is 24.8 Å². The van der Waals surface area contributed by atoms with Crippen molar-refractivity contribution in [2.45, 2.75) is 13.2 Å². The van der Waals surface area contributed by atoms with Crippen LogP contribution < -0.4 is 0 Å². The first-order valence-electron chi connectivity index (χ1n) is 3.91. The number of imide groups is 1. The van der Waals surface area contributed by atoms with Crippen LogP contribution in [0.5, 0.6) is 0 Å². The monoisotopic (exact) mass is 195 g/mol. The van der Waals surface area contributed by atoms with Gasteiger partial charge in [0.2, 0.25) is 12.1 Å². The Morgan fingerprint density at radius 3 is 2.79 bits per heavy atom. The molecule has 2 amide bonds. The van der Waals surface area contributed by atoms with E-state index in [1.54, 1.807) is 0 Å². The summed E-state index contributed by atoms with van der Waals surface area (Å²) < 4.78 is 4.75. The van der Waals surface area contributed by atoms with Gasteiger partial charge in [0.1, 0.15) is 0 Å². The van der Waals surface area contributed by atoms with Crippen LogP contribution >= 0.6 is 0 Å². The molecule has 1 atom stereocenters. The minimum atomic E-state index is -0.939. The second-order valence-corrected chi connectivity index (χ2v) is 2.62. The largest absolute Gasteiger partial charge is 0.434 e. The van der Waals surface area contributed by atoms with E-state index >= 15 is 0 Å². The van der Waals surface area contributed by atoms with Crippen molar-refractivity contribution in [2.24, 2.45) is 0 Å². The van der Waals surface area contributed by atoms with Crippen molar-refractivity contribution in [3.63, 3.8) is 0 Å². The van der Waals surface area contributed by atoms with E-state index in [9.17, 15) is 14.4 Å².